The Morgan fingerprint density at radius 1 is 0.735 bits per heavy atom. The number of nitrogens with one attached hydrogen (secondary N) is 2. The number of hydrogen-bond acceptors (Lipinski definition) is 24. The number of esters is 2. The fourth-order valence-corrected chi connectivity index (χ4v) is 11.3. The highest BCUT2D eigenvalue weighted by molar-refractivity contribution is 8.04. The number of thioether (sulfide) groups is 2. The first kappa shape index (κ1) is 50.1. The second-order valence-corrected chi connectivity index (χ2v) is 20.6. The van der Waals surface area contributed by atoms with Gasteiger partial charge >= 0.3 is 11.9 Å². The quantitative estimate of drug-likeness (QED) is 0.0849. The highest BCUT2D eigenvalue weighted by Gasteiger charge is 2.55. The van der Waals surface area contributed by atoms with Gasteiger partial charge in [-0.3, -0.25) is 47.3 Å². The van der Waals surface area contributed by atoms with E-state index in [0.717, 1.165) is 41.6 Å². The number of aryl methyl sites for hydroxylation is 2. The van der Waals surface area contributed by atoms with Gasteiger partial charge in [-0.05, 0) is 38.1 Å². The fraction of sp³-hybridized carbons (Fsp3) is 0.350. The molecule has 8 N–H and O–H groups in total. The molecule has 364 valence electrons. The number of nitrogens with zero attached hydrogens (tertiary/aromatic N) is 4. The minimum absolute atomic E-state index is 0.0756. The van der Waals surface area contributed by atoms with E-state index in [1.54, 1.807) is 31.2 Å². The lowest BCUT2D eigenvalue weighted by Crippen LogP contribution is -2.46. The van der Waals surface area contributed by atoms with Gasteiger partial charge in [-0.25, -0.2) is 0 Å². The standard InChI is InChI=1S/C22H24N4O9S2.C18H20N4O7S2/c1-10-5-7-14(8-6-10)37(30,31)35-16-15(9-32-12(3)27)34-21(17(16)33-13(4)28)26-11(2)36-18-19(26)24-22(23)25-20(18)29;1-8-3-5-10(6-4-8)31(26,27)29-13-11(7-23)28-17(12(13)24)22-9(2)30-14-15(22)20-18(19)21-16(14)25/h5-8,15-17,21H,2,9H2,1,3-4H3,(H3,23,24,25,29);3-6,11-13,17,23-24H,2,7H2,1H3,(H3,19,20,21,25)/t15-,16+,17-,21-;11-,12-,13+,17-/m11/s1. The molecular weight excluding hydrogens is 977 g/mol. The van der Waals surface area contributed by atoms with E-state index in [1.807, 2.05) is 6.92 Å². The molecule has 8 rings (SSSR count). The summed E-state index contributed by atoms with van der Waals surface area (Å²) < 4.78 is 84.8. The van der Waals surface area contributed by atoms with Gasteiger partial charge in [-0.15, -0.1) is 0 Å². The first-order chi connectivity index (χ1) is 32.0. The Bertz CT molecular complexity index is 2990. The lowest BCUT2D eigenvalue weighted by molar-refractivity contribution is -0.152. The van der Waals surface area contributed by atoms with E-state index in [9.17, 15) is 46.2 Å². The zero-order valence-electron chi connectivity index (χ0n) is 36.3. The van der Waals surface area contributed by atoms with Crippen LogP contribution in [0.4, 0.5) is 23.5 Å². The van der Waals surface area contributed by atoms with Crippen LogP contribution in [0.3, 0.4) is 0 Å². The first-order valence-corrected chi connectivity index (χ1v) is 24.5. The molecule has 8 atom stereocenters. The molecule has 0 spiro atoms. The van der Waals surface area contributed by atoms with Crippen molar-refractivity contribution < 1.29 is 64.0 Å². The van der Waals surface area contributed by atoms with Gasteiger partial charge in [0.2, 0.25) is 11.9 Å². The molecule has 24 nitrogen and oxygen atoms in total. The number of aromatic nitrogens is 4. The number of nitrogens with two attached hydrogens (primary N) is 2. The Balaban J connectivity index is 0.000000204. The van der Waals surface area contributed by atoms with Gasteiger partial charge in [0, 0.05) is 13.8 Å². The third-order valence-corrected chi connectivity index (χ3v) is 15.0. The minimum Gasteiger partial charge on any atom is -0.463 e. The molecule has 2 aromatic carbocycles. The summed E-state index contributed by atoms with van der Waals surface area (Å²) in [5, 5.41) is 21.2. The average Bonchev–Trinajstić information content (AvgIpc) is 3.96. The van der Waals surface area contributed by atoms with E-state index >= 15 is 0 Å². The number of nitrogen functional groups attached to an aromatic ring is 2. The Labute approximate surface area is 395 Å². The predicted molar refractivity (Wildman–Crippen MR) is 243 cm³/mol. The summed E-state index contributed by atoms with van der Waals surface area (Å²) in [6.45, 7) is 12.6. The lowest BCUT2D eigenvalue weighted by Gasteiger charge is -2.30. The minimum atomic E-state index is -4.38. The summed E-state index contributed by atoms with van der Waals surface area (Å²) in [4.78, 5) is 64.0. The summed E-state index contributed by atoms with van der Waals surface area (Å²) in [6, 6.07) is 11.9. The summed E-state index contributed by atoms with van der Waals surface area (Å²) in [7, 11) is -8.64. The van der Waals surface area contributed by atoms with Gasteiger partial charge in [0.15, 0.2) is 30.2 Å². The number of aliphatic hydroxyl groups excluding tert-OH is 2. The van der Waals surface area contributed by atoms with Crippen LogP contribution >= 0.6 is 23.5 Å². The number of benzene rings is 2. The van der Waals surface area contributed by atoms with Crippen LogP contribution in [0.2, 0.25) is 0 Å². The van der Waals surface area contributed by atoms with Crippen molar-refractivity contribution in [3.05, 3.63) is 104 Å². The van der Waals surface area contributed by atoms with Crippen molar-refractivity contribution in [2.24, 2.45) is 0 Å². The predicted octanol–water partition coefficient (Wildman–Crippen LogP) is 0.934. The van der Waals surface area contributed by atoms with Crippen LogP contribution in [0.25, 0.3) is 0 Å². The Hall–Kier alpha value is -5.82. The van der Waals surface area contributed by atoms with Gasteiger partial charge in [-0.1, -0.05) is 72.1 Å². The summed E-state index contributed by atoms with van der Waals surface area (Å²) in [5.41, 5.74) is 12.0. The third-order valence-electron chi connectivity index (χ3n) is 10.3. The number of aromatic amines is 2. The highest BCUT2D eigenvalue weighted by Crippen LogP contribution is 2.48. The zero-order valence-corrected chi connectivity index (χ0v) is 39.5. The molecule has 4 aliphatic rings. The second-order valence-electron chi connectivity index (χ2n) is 15.3. The number of H-pyrrole nitrogens is 2. The van der Waals surface area contributed by atoms with Crippen molar-refractivity contribution in [2.75, 3.05) is 34.5 Å². The molecule has 6 heterocycles. The van der Waals surface area contributed by atoms with Crippen molar-refractivity contribution in [2.45, 2.75) is 96.4 Å². The summed E-state index contributed by atoms with van der Waals surface area (Å²) in [6.07, 6.45) is -10.6. The summed E-state index contributed by atoms with van der Waals surface area (Å²) >= 11 is 1.98. The van der Waals surface area contributed by atoms with Gasteiger partial charge in [0.05, 0.1) is 26.5 Å². The maximum atomic E-state index is 13.2. The number of carbonyl (C=O) groups is 2. The number of rotatable bonds is 12. The molecule has 4 aromatic rings. The molecule has 2 fully saturated rings. The Kier molecular flexibility index (Phi) is 14.5. The molecule has 0 amide bonds. The maximum Gasteiger partial charge on any atom is 0.303 e. The number of anilines is 4. The molecule has 0 saturated carbocycles. The van der Waals surface area contributed by atoms with E-state index in [-0.39, 0.29) is 48.1 Å². The number of aliphatic hydroxyl groups is 2. The van der Waals surface area contributed by atoms with E-state index in [1.165, 1.54) is 41.0 Å². The average molecular weight is 1020 g/mol. The third kappa shape index (κ3) is 10.3. The number of carbonyl (C=O) groups excluding carboxylic acids is 2. The molecule has 4 aliphatic heterocycles. The van der Waals surface area contributed by atoms with E-state index in [0.29, 0.717) is 5.03 Å². The van der Waals surface area contributed by atoms with Gasteiger partial charge in [-0.2, -0.15) is 26.8 Å². The van der Waals surface area contributed by atoms with E-state index in [4.69, 9.17) is 38.8 Å². The molecule has 0 unspecified atom stereocenters. The molecular formula is C40H44N8O16S4. The monoisotopic (exact) mass is 1020 g/mol. The molecule has 28 heteroatoms. The zero-order chi connectivity index (χ0) is 49.6. The Morgan fingerprint density at radius 2 is 1.18 bits per heavy atom. The largest absolute Gasteiger partial charge is 0.463 e. The lowest BCUT2D eigenvalue weighted by atomic mass is 10.1. The van der Waals surface area contributed by atoms with Gasteiger partial charge in [0.25, 0.3) is 31.4 Å². The smallest absolute Gasteiger partial charge is 0.303 e. The maximum absolute atomic E-state index is 13.2. The SMILES string of the molecule is C=C1Sc2c(nc(N)[nH]c2=O)N1[C@@H]1O[C@H](CO)[C@H](OS(=O)(=O)c2ccc(C)cc2)[C@H]1O.C=C1Sc2c(nc(N)[nH]c2=O)N1[C@@H]1O[C@H](COC(C)=O)[C@H](OS(=O)(=O)c2ccc(C)cc2)[C@H]1OC(C)=O. The topological polar surface area (TPSA) is 348 Å². The Morgan fingerprint density at radius 3 is 1.62 bits per heavy atom. The normalized spacial score (nSPS) is 24.3. The first-order valence-electron chi connectivity index (χ1n) is 20.0. The van der Waals surface area contributed by atoms with Crippen molar-refractivity contribution >= 4 is 79.2 Å². The van der Waals surface area contributed by atoms with Crippen molar-refractivity contribution in [1.29, 1.82) is 0 Å². The van der Waals surface area contributed by atoms with Crippen LogP contribution in [-0.2, 0) is 57.1 Å². The van der Waals surface area contributed by atoms with Crippen LogP contribution < -0.4 is 32.4 Å². The molecule has 2 saturated heterocycles. The highest BCUT2D eigenvalue weighted by atomic mass is 32.2. The second kappa shape index (κ2) is 19.7. The van der Waals surface area contributed by atoms with Crippen LogP contribution in [0.15, 0.2) is 101 Å². The van der Waals surface area contributed by atoms with Crippen LogP contribution in [0.5, 0.6) is 0 Å². The molecule has 68 heavy (non-hydrogen) atoms. The van der Waals surface area contributed by atoms with Gasteiger partial charge < -0.3 is 40.6 Å². The molecule has 0 radical (unpaired) electrons. The molecule has 0 aliphatic carbocycles. The summed E-state index contributed by atoms with van der Waals surface area (Å²) in [5.74, 6) is -1.55. The van der Waals surface area contributed by atoms with Crippen molar-refractivity contribution in [1.82, 2.24) is 19.9 Å². The van der Waals surface area contributed by atoms with E-state index < -0.39 is 106 Å². The van der Waals surface area contributed by atoms with Crippen LogP contribution in [0.1, 0.15) is 25.0 Å². The number of fused-ring (bicyclic) bond motifs is 2. The fourth-order valence-electron chi connectivity index (χ4n) is 7.24. The van der Waals surface area contributed by atoms with Crippen molar-refractivity contribution in [3.8, 4) is 0 Å². The number of hydrogen-bond donors (Lipinski definition) is 6. The van der Waals surface area contributed by atoms with Gasteiger partial charge in [0.1, 0.15) is 46.9 Å². The van der Waals surface area contributed by atoms with Crippen LogP contribution in [-0.4, -0.2) is 121 Å². The van der Waals surface area contributed by atoms with Crippen molar-refractivity contribution in [3.63, 3.8) is 0 Å². The number of ether oxygens (including phenoxy) is 4. The molecule has 0 bridgehead atoms. The molecule has 2 aromatic heterocycles. The van der Waals surface area contributed by atoms with E-state index in [2.05, 4.69) is 33.1 Å². The van der Waals surface area contributed by atoms with Crippen LogP contribution in [0, 0.1) is 13.8 Å².